The molecule has 0 saturated carbocycles. The molecular weight excluding hydrogens is 473 g/mol. The normalized spacial score (nSPS) is 14.5. The van der Waals surface area contributed by atoms with Crippen LogP contribution < -0.4 is 10.2 Å². The number of rotatable bonds is 4. The van der Waals surface area contributed by atoms with Crippen LogP contribution in [0.5, 0.6) is 0 Å². The van der Waals surface area contributed by atoms with Gasteiger partial charge in [0.2, 0.25) is 0 Å². The number of carbonyl (C=O) groups excluding carboxylic acids is 1. The van der Waals surface area contributed by atoms with Crippen LogP contribution in [0, 0.1) is 0 Å². The molecule has 1 N–H and O–H groups in total. The average Bonchev–Trinajstić information content (AvgIpc) is 2.83. The van der Waals surface area contributed by atoms with Crippen LogP contribution in [0.1, 0.15) is 26.3 Å². The van der Waals surface area contributed by atoms with E-state index in [1.165, 1.54) is 0 Å². The number of nitrogens with zero attached hydrogens (tertiary/aromatic N) is 5. The SMILES string of the molecule is CC(C)(C)OC(=O)N1CCN(c2cc(-c3cccc(Nc4cc(C(F)(F)F)ccn4)n3)ccn2)CC1. The number of piperazine rings is 1. The first-order valence-electron chi connectivity index (χ1n) is 11.4. The average molecular weight is 501 g/mol. The van der Waals surface area contributed by atoms with Crippen LogP contribution in [-0.4, -0.2) is 57.7 Å². The van der Waals surface area contributed by atoms with Crippen molar-refractivity contribution >= 4 is 23.5 Å². The number of nitrogens with one attached hydrogen (secondary N) is 1. The van der Waals surface area contributed by atoms with Crippen LogP contribution in [0.15, 0.2) is 54.9 Å². The zero-order chi connectivity index (χ0) is 25.9. The second-order valence-electron chi connectivity index (χ2n) is 9.32. The molecule has 4 rings (SSSR count). The third-order valence-electron chi connectivity index (χ3n) is 5.39. The van der Waals surface area contributed by atoms with Gasteiger partial charge in [0.25, 0.3) is 0 Å². The fourth-order valence-corrected chi connectivity index (χ4v) is 3.67. The number of ether oxygens (including phenoxy) is 1. The number of hydrogen-bond acceptors (Lipinski definition) is 7. The van der Waals surface area contributed by atoms with Gasteiger partial charge in [0.1, 0.15) is 23.1 Å². The van der Waals surface area contributed by atoms with E-state index in [1.54, 1.807) is 23.2 Å². The summed E-state index contributed by atoms with van der Waals surface area (Å²) in [4.78, 5) is 29.1. The molecule has 1 aliphatic rings. The van der Waals surface area contributed by atoms with Gasteiger partial charge >= 0.3 is 12.3 Å². The van der Waals surface area contributed by atoms with Gasteiger partial charge in [-0.15, -0.1) is 0 Å². The molecule has 36 heavy (non-hydrogen) atoms. The smallest absolute Gasteiger partial charge is 0.416 e. The summed E-state index contributed by atoms with van der Waals surface area (Å²) < 4.78 is 44.5. The molecule has 0 unspecified atom stereocenters. The molecule has 8 nitrogen and oxygen atoms in total. The van der Waals surface area contributed by atoms with E-state index in [-0.39, 0.29) is 11.9 Å². The summed E-state index contributed by atoms with van der Waals surface area (Å²) in [6.45, 7) is 7.75. The largest absolute Gasteiger partial charge is 0.444 e. The summed E-state index contributed by atoms with van der Waals surface area (Å²) in [5, 5.41) is 2.84. The van der Waals surface area contributed by atoms with Crippen LogP contribution in [0.4, 0.5) is 35.4 Å². The maximum atomic E-state index is 13.0. The Balaban J connectivity index is 1.45. The van der Waals surface area contributed by atoms with E-state index < -0.39 is 17.3 Å². The first-order valence-corrected chi connectivity index (χ1v) is 11.4. The lowest BCUT2D eigenvalue weighted by Gasteiger charge is -2.36. The summed E-state index contributed by atoms with van der Waals surface area (Å²) in [6.07, 6.45) is -2.00. The standard InChI is InChI=1S/C25H27F3N6O2/c1-24(2,3)36-23(35)34-13-11-33(12-14-34)22-15-17(7-9-30-22)19-5-4-6-20(31-19)32-21-16-18(8-10-29-21)25(26,27)28/h4-10,15-16H,11-14H2,1-3H3,(H,29,31,32). The van der Waals surface area contributed by atoms with Crippen molar-refractivity contribution in [2.24, 2.45) is 0 Å². The summed E-state index contributed by atoms with van der Waals surface area (Å²) in [7, 11) is 0. The monoisotopic (exact) mass is 500 g/mol. The predicted molar refractivity (Wildman–Crippen MR) is 130 cm³/mol. The van der Waals surface area contributed by atoms with Crippen LogP contribution in [0.3, 0.4) is 0 Å². The van der Waals surface area contributed by atoms with Crippen molar-refractivity contribution in [1.82, 2.24) is 19.9 Å². The van der Waals surface area contributed by atoms with Crippen molar-refractivity contribution in [3.8, 4) is 11.3 Å². The topological polar surface area (TPSA) is 83.5 Å². The van der Waals surface area contributed by atoms with Crippen molar-refractivity contribution in [2.75, 3.05) is 36.4 Å². The highest BCUT2D eigenvalue weighted by Crippen LogP contribution is 2.31. The molecule has 190 valence electrons. The molecule has 0 aliphatic carbocycles. The minimum absolute atomic E-state index is 0.0488. The van der Waals surface area contributed by atoms with Crippen LogP contribution in [-0.2, 0) is 10.9 Å². The Morgan fingerprint density at radius 2 is 1.67 bits per heavy atom. The third-order valence-corrected chi connectivity index (χ3v) is 5.39. The van der Waals surface area contributed by atoms with Crippen LogP contribution in [0.2, 0.25) is 0 Å². The number of amides is 1. The van der Waals surface area contributed by atoms with Crippen molar-refractivity contribution in [2.45, 2.75) is 32.5 Å². The van der Waals surface area contributed by atoms with Crippen molar-refractivity contribution in [3.63, 3.8) is 0 Å². The number of anilines is 3. The molecule has 0 bridgehead atoms. The second-order valence-corrected chi connectivity index (χ2v) is 9.32. The number of aromatic nitrogens is 3. The predicted octanol–water partition coefficient (Wildman–Crippen LogP) is 5.36. The number of pyridine rings is 3. The van der Waals surface area contributed by atoms with Gasteiger partial charge in [0.05, 0.1) is 11.3 Å². The Labute approximate surface area is 207 Å². The van der Waals surface area contributed by atoms with E-state index in [9.17, 15) is 18.0 Å². The fraction of sp³-hybridized carbons (Fsp3) is 0.360. The molecule has 1 saturated heterocycles. The Bertz CT molecular complexity index is 1220. The maximum Gasteiger partial charge on any atom is 0.416 e. The third kappa shape index (κ3) is 6.41. The Morgan fingerprint density at radius 3 is 2.36 bits per heavy atom. The zero-order valence-corrected chi connectivity index (χ0v) is 20.2. The highest BCUT2D eigenvalue weighted by molar-refractivity contribution is 5.69. The molecule has 4 heterocycles. The van der Waals surface area contributed by atoms with E-state index in [1.807, 2.05) is 39.0 Å². The van der Waals surface area contributed by atoms with E-state index in [0.29, 0.717) is 37.7 Å². The first kappa shape index (κ1) is 25.2. The second kappa shape index (κ2) is 10.00. The van der Waals surface area contributed by atoms with Gasteiger partial charge in [0.15, 0.2) is 0 Å². The van der Waals surface area contributed by atoms with Gasteiger partial charge < -0.3 is 19.9 Å². The van der Waals surface area contributed by atoms with Gasteiger partial charge in [-0.25, -0.2) is 19.7 Å². The van der Waals surface area contributed by atoms with Gasteiger partial charge in [-0.3, -0.25) is 0 Å². The van der Waals surface area contributed by atoms with Gasteiger partial charge in [0, 0.05) is 44.1 Å². The van der Waals surface area contributed by atoms with Crippen LogP contribution >= 0.6 is 0 Å². The molecule has 1 fully saturated rings. The van der Waals surface area contributed by atoms with Crippen LogP contribution in [0.25, 0.3) is 11.3 Å². The lowest BCUT2D eigenvalue weighted by Crippen LogP contribution is -2.50. The van der Waals surface area contributed by atoms with E-state index in [0.717, 1.165) is 29.7 Å². The number of halogens is 3. The van der Waals surface area contributed by atoms with E-state index >= 15 is 0 Å². The number of alkyl halides is 3. The van der Waals surface area contributed by atoms with Crippen molar-refractivity contribution in [1.29, 1.82) is 0 Å². The minimum Gasteiger partial charge on any atom is -0.444 e. The van der Waals surface area contributed by atoms with E-state index in [4.69, 9.17) is 4.74 Å². The lowest BCUT2D eigenvalue weighted by atomic mass is 10.1. The highest BCUT2D eigenvalue weighted by Gasteiger charge is 2.31. The molecule has 3 aromatic rings. The summed E-state index contributed by atoms with van der Waals surface area (Å²) in [6, 6.07) is 10.8. The summed E-state index contributed by atoms with van der Waals surface area (Å²) in [5.74, 6) is 1.16. The number of hydrogen-bond donors (Lipinski definition) is 1. The summed E-state index contributed by atoms with van der Waals surface area (Å²) in [5.41, 5.74) is 0.0949. The molecule has 0 spiro atoms. The molecule has 11 heteroatoms. The fourth-order valence-electron chi connectivity index (χ4n) is 3.67. The molecule has 0 radical (unpaired) electrons. The Morgan fingerprint density at radius 1 is 0.944 bits per heavy atom. The quantitative estimate of drug-likeness (QED) is 0.517. The minimum atomic E-state index is -4.46. The van der Waals surface area contributed by atoms with Crippen molar-refractivity contribution in [3.05, 3.63) is 60.4 Å². The Kier molecular flexibility index (Phi) is 7.00. The maximum absolute atomic E-state index is 13.0. The Hall–Kier alpha value is -3.89. The molecule has 1 amide bonds. The van der Waals surface area contributed by atoms with Gasteiger partial charge in [-0.2, -0.15) is 13.2 Å². The van der Waals surface area contributed by atoms with Gasteiger partial charge in [-0.1, -0.05) is 6.07 Å². The molecular formula is C25H27F3N6O2. The molecule has 3 aromatic heterocycles. The van der Waals surface area contributed by atoms with Gasteiger partial charge in [-0.05, 0) is 57.2 Å². The van der Waals surface area contributed by atoms with E-state index in [2.05, 4.69) is 25.2 Å². The zero-order valence-electron chi connectivity index (χ0n) is 20.2. The first-order chi connectivity index (χ1) is 17.0. The molecule has 0 atom stereocenters. The van der Waals surface area contributed by atoms with Crippen molar-refractivity contribution < 1.29 is 22.7 Å². The summed E-state index contributed by atoms with van der Waals surface area (Å²) >= 11 is 0. The highest BCUT2D eigenvalue weighted by atomic mass is 19.4. The molecule has 1 aliphatic heterocycles. The molecule has 0 aromatic carbocycles. The number of carbonyl (C=O) groups is 1. The lowest BCUT2D eigenvalue weighted by molar-refractivity contribution is -0.137.